The molecule has 0 fully saturated rings. The van der Waals surface area contributed by atoms with E-state index in [9.17, 15) is 9.18 Å². The van der Waals surface area contributed by atoms with Crippen molar-refractivity contribution in [1.29, 1.82) is 0 Å². The normalized spacial score (nSPS) is 10.6. The molecule has 0 spiro atoms. The van der Waals surface area contributed by atoms with Gasteiger partial charge in [-0.1, -0.05) is 17.7 Å². The third kappa shape index (κ3) is 3.86. The van der Waals surface area contributed by atoms with Gasteiger partial charge in [-0.05, 0) is 11.6 Å². The smallest absolute Gasteiger partial charge is 0.404 e. The molecule has 0 aliphatic rings. The highest BCUT2D eigenvalue weighted by molar-refractivity contribution is 6.31. The Bertz CT molecular complexity index is 963. The summed E-state index contributed by atoms with van der Waals surface area (Å²) in [6, 6.07) is 4.66. The number of aromatic nitrogens is 5. The van der Waals surface area contributed by atoms with Crippen LogP contribution in [0.25, 0.3) is 11.4 Å². The molecule has 11 heteroatoms. The fourth-order valence-electron chi connectivity index (χ4n) is 2.15. The monoisotopic (exact) mass is 377 g/mol. The largest absolute Gasteiger partial charge is 0.465 e. The first kappa shape index (κ1) is 17.5. The van der Waals surface area contributed by atoms with E-state index >= 15 is 0 Å². The van der Waals surface area contributed by atoms with Gasteiger partial charge in [-0.2, -0.15) is 10.1 Å². The van der Waals surface area contributed by atoms with Crippen LogP contribution in [0.3, 0.4) is 0 Å². The summed E-state index contributed by atoms with van der Waals surface area (Å²) in [4.78, 5) is 22.7. The lowest BCUT2D eigenvalue weighted by Crippen LogP contribution is -2.20. The number of benzene rings is 1. The van der Waals surface area contributed by atoms with Gasteiger partial charge in [-0.25, -0.2) is 19.2 Å². The highest BCUT2D eigenvalue weighted by atomic mass is 35.5. The molecule has 3 N–H and O–H groups in total. The Labute approximate surface area is 151 Å². The number of nitrogens with one attached hydrogen (secondary N) is 2. The Morgan fingerprint density at radius 2 is 2.15 bits per heavy atom. The summed E-state index contributed by atoms with van der Waals surface area (Å²) in [5.74, 6) is 0.0565. The molecule has 3 rings (SSSR count). The molecule has 1 aromatic carbocycles. The van der Waals surface area contributed by atoms with Crippen molar-refractivity contribution in [3.8, 4) is 11.4 Å². The number of carbonyl (C=O) groups is 1. The highest BCUT2D eigenvalue weighted by Gasteiger charge is 2.16. The average molecular weight is 378 g/mol. The van der Waals surface area contributed by atoms with Crippen molar-refractivity contribution in [2.45, 2.75) is 6.54 Å². The van der Waals surface area contributed by atoms with Gasteiger partial charge < -0.3 is 15.7 Å². The Morgan fingerprint density at radius 1 is 1.35 bits per heavy atom. The minimum absolute atomic E-state index is 0.0699. The minimum atomic E-state index is -1.23. The molecule has 1 amide bonds. The molecule has 0 saturated heterocycles. The van der Waals surface area contributed by atoms with E-state index in [4.69, 9.17) is 16.7 Å². The molecule has 0 unspecified atom stereocenters. The maximum absolute atomic E-state index is 14.6. The zero-order chi connectivity index (χ0) is 18.7. The molecule has 134 valence electrons. The van der Waals surface area contributed by atoms with Gasteiger partial charge in [0.25, 0.3) is 0 Å². The van der Waals surface area contributed by atoms with Crippen LogP contribution in [-0.2, 0) is 13.6 Å². The maximum atomic E-state index is 14.6. The van der Waals surface area contributed by atoms with E-state index in [1.807, 2.05) is 0 Å². The molecule has 0 atom stereocenters. The van der Waals surface area contributed by atoms with Crippen molar-refractivity contribution in [1.82, 2.24) is 30.0 Å². The number of nitrogens with zero attached hydrogens (tertiary/aromatic N) is 5. The number of hydrogen-bond donors (Lipinski definition) is 3. The van der Waals surface area contributed by atoms with E-state index in [1.54, 1.807) is 24.0 Å². The molecule has 2 aromatic heterocycles. The van der Waals surface area contributed by atoms with Crippen molar-refractivity contribution in [3.63, 3.8) is 0 Å². The molecular weight excluding hydrogens is 365 g/mol. The second-order valence-corrected chi connectivity index (χ2v) is 5.57. The number of amides is 1. The summed E-state index contributed by atoms with van der Waals surface area (Å²) >= 11 is 6.00. The molecule has 0 radical (unpaired) electrons. The molecule has 26 heavy (non-hydrogen) atoms. The van der Waals surface area contributed by atoms with Gasteiger partial charge in [-0.3, -0.25) is 4.68 Å². The van der Waals surface area contributed by atoms with Gasteiger partial charge in [0.1, 0.15) is 6.33 Å². The predicted octanol–water partition coefficient (Wildman–Crippen LogP) is 2.58. The van der Waals surface area contributed by atoms with Crippen LogP contribution in [0.1, 0.15) is 5.56 Å². The van der Waals surface area contributed by atoms with E-state index in [0.29, 0.717) is 11.4 Å². The third-order valence-corrected chi connectivity index (χ3v) is 3.77. The van der Waals surface area contributed by atoms with Crippen LogP contribution < -0.4 is 10.6 Å². The van der Waals surface area contributed by atoms with Gasteiger partial charge in [-0.15, -0.1) is 0 Å². The van der Waals surface area contributed by atoms with Gasteiger partial charge in [0.05, 0.1) is 10.6 Å². The Kier molecular flexibility index (Phi) is 4.94. The van der Waals surface area contributed by atoms with E-state index in [0.717, 1.165) is 0 Å². The van der Waals surface area contributed by atoms with Crippen molar-refractivity contribution >= 4 is 29.5 Å². The maximum Gasteiger partial charge on any atom is 0.404 e. The van der Waals surface area contributed by atoms with Crippen molar-refractivity contribution in [2.24, 2.45) is 7.05 Å². The molecule has 0 aliphatic carbocycles. The summed E-state index contributed by atoms with van der Waals surface area (Å²) in [6.45, 7) is -0.116. The molecular formula is C15H13ClFN7O2. The van der Waals surface area contributed by atoms with Crippen molar-refractivity contribution < 1.29 is 14.3 Å². The number of anilines is 2. The second-order valence-electron chi connectivity index (χ2n) is 5.19. The lowest BCUT2D eigenvalue weighted by molar-refractivity contribution is 0.194. The summed E-state index contributed by atoms with van der Waals surface area (Å²) in [5.41, 5.74) is 0.372. The van der Waals surface area contributed by atoms with Crippen LogP contribution >= 0.6 is 11.6 Å². The number of aryl methyl sites for hydroxylation is 1. The van der Waals surface area contributed by atoms with Crippen LogP contribution in [0.2, 0.25) is 5.02 Å². The van der Waals surface area contributed by atoms with Gasteiger partial charge >= 0.3 is 6.09 Å². The molecule has 2 heterocycles. The topological polar surface area (TPSA) is 118 Å². The number of hydrogen-bond acceptors (Lipinski definition) is 6. The fourth-order valence-corrected chi connectivity index (χ4v) is 2.38. The van der Waals surface area contributed by atoms with E-state index in [-0.39, 0.29) is 28.9 Å². The summed E-state index contributed by atoms with van der Waals surface area (Å²) in [5, 5.41) is 17.6. The van der Waals surface area contributed by atoms with E-state index < -0.39 is 11.9 Å². The Balaban J connectivity index is 1.88. The summed E-state index contributed by atoms with van der Waals surface area (Å²) < 4.78 is 16.2. The molecule has 9 nitrogen and oxygen atoms in total. The minimum Gasteiger partial charge on any atom is -0.465 e. The number of carboxylic acid groups (broad SMARTS) is 1. The number of halogens is 2. The van der Waals surface area contributed by atoms with Crippen LogP contribution in [0, 0.1) is 5.82 Å². The quantitative estimate of drug-likeness (QED) is 0.625. The molecule has 0 aliphatic heterocycles. The first-order valence-electron chi connectivity index (χ1n) is 7.34. The third-order valence-electron chi connectivity index (χ3n) is 3.36. The van der Waals surface area contributed by atoms with Crippen molar-refractivity contribution in [2.75, 3.05) is 5.32 Å². The lowest BCUT2D eigenvalue weighted by atomic mass is 10.1. The second kappa shape index (κ2) is 7.31. The van der Waals surface area contributed by atoms with Crippen LogP contribution in [0.15, 0.2) is 30.7 Å². The number of rotatable bonds is 5. The lowest BCUT2D eigenvalue weighted by Gasteiger charge is -2.09. The van der Waals surface area contributed by atoms with E-state index in [1.165, 1.54) is 18.5 Å². The highest BCUT2D eigenvalue weighted by Crippen LogP contribution is 2.29. The SMILES string of the molecule is Cn1ccc(Nc2ncnc(-c3ccc(CNC(=O)O)c(Cl)c3F)n2)n1. The first-order valence-corrected chi connectivity index (χ1v) is 7.71. The zero-order valence-corrected chi connectivity index (χ0v) is 14.2. The average Bonchev–Trinajstić information content (AvgIpc) is 3.01. The molecule has 0 bridgehead atoms. The summed E-state index contributed by atoms with van der Waals surface area (Å²) in [6.07, 6.45) is 1.75. The predicted molar refractivity (Wildman–Crippen MR) is 91.6 cm³/mol. The summed E-state index contributed by atoms with van der Waals surface area (Å²) in [7, 11) is 1.77. The molecule has 0 saturated carbocycles. The van der Waals surface area contributed by atoms with Gasteiger partial charge in [0.2, 0.25) is 5.95 Å². The fraction of sp³-hybridized carbons (Fsp3) is 0.133. The Morgan fingerprint density at radius 3 is 2.85 bits per heavy atom. The standard InChI is InChI=1S/C15H13ClFN7O2/c1-24-5-4-10(23-24)21-14-20-7-19-13(22-14)9-3-2-8(6-18-15(25)26)11(16)12(9)17/h2-5,7,18H,6H2,1H3,(H,25,26)(H,19,20,21,22,23). The molecule has 3 aromatic rings. The van der Waals surface area contributed by atoms with Crippen LogP contribution in [0.5, 0.6) is 0 Å². The van der Waals surface area contributed by atoms with Gasteiger partial charge in [0, 0.05) is 25.9 Å². The Hall–Kier alpha value is -3.27. The van der Waals surface area contributed by atoms with Crippen LogP contribution in [0.4, 0.5) is 21.0 Å². The van der Waals surface area contributed by atoms with Crippen LogP contribution in [-0.4, -0.2) is 35.9 Å². The first-order chi connectivity index (χ1) is 12.4. The van der Waals surface area contributed by atoms with E-state index in [2.05, 4.69) is 30.7 Å². The van der Waals surface area contributed by atoms with Crippen molar-refractivity contribution in [3.05, 3.63) is 47.1 Å². The van der Waals surface area contributed by atoms with Gasteiger partial charge in [0.15, 0.2) is 17.5 Å². The zero-order valence-electron chi connectivity index (χ0n) is 13.4.